The van der Waals surface area contributed by atoms with E-state index in [1.54, 1.807) is 0 Å². The number of nitrogens with one attached hydrogen (secondary N) is 1. The van der Waals surface area contributed by atoms with E-state index < -0.39 is 0 Å². The van der Waals surface area contributed by atoms with Crippen LogP contribution < -0.4 is 5.32 Å². The Bertz CT molecular complexity index is 583. The number of para-hydroxylation sites is 1. The van der Waals surface area contributed by atoms with E-state index in [0.29, 0.717) is 0 Å². The summed E-state index contributed by atoms with van der Waals surface area (Å²) in [6, 6.07) is 12.2. The molecule has 4 heteroatoms. The molecule has 2 rings (SSSR count). The summed E-state index contributed by atoms with van der Waals surface area (Å²) in [5.41, 5.74) is 0.962. The van der Waals surface area contributed by atoms with Gasteiger partial charge in [-0.05, 0) is 32.9 Å². The topological polar surface area (TPSA) is 42.0 Å². The average molecular weight is 274 g/mol. The van der Waals surface area contributed by atoms with Gasteiger partial charge in [0.1, 0.15) is 0 Å². The van der Waals surface area contributed by atoms with Crippen LogP contribution in [0.15, 0.2) is 41.4 Å². The van der Waals surface area contributed by atoms with E-state index in [0.717, 1.165) is 15.9 Å². The molecular weight excluding hydrogens is 256 g/mol. The monoisotopic (exact) mass is 274 g/mol. The second-order valence-electron chi connectivity index (χ2n) is 4.77. The summed E-state index contributed by atoms with van der Waals surface area (Å²) >= 11 is 1.49. The third kappa shape index (κ3) is 3.70. The summed E-state index contributed by atoms with van der Waals surface area (Å²) in [7, 11) is 0. The molecule has 0 aliphatic carbocycles. The number of aromatic nitrogens is 1. The molecule has 19 heavy (non-hydrogen) atoms. The molecule has 0 spiro atoms. The Morgan fingerprint density at radius 3 is 2.63 bits per heavy atom. The maximum absolute atomic E-state index is 11.9. The molecule has 0 fully saturated rings. The maximum atomic E-state index is 11.9. The highest BCUT2D eigenvalue weighted by Crippen LogP contribution is 2.23. The van der Waals surface area contributed by atoms with E-state index in [-0.39, 0.29) is 17.2 Å². The first-order valence-corrected chi connectivity index (χ1v) is 7.27. The van der Waals surface area contributed by atoms with Crippen molar-refractivity contribution in [3.05, 3.63) is 36.4 Å². The van der Waals surface area contributed by atoms with Crippen molar-refractivity contribution in [1.82, 2.24) is 10.3 Å². The van der Waals surface area contributed by atoms with E-state index in [2.05, 4.69) is 10.3 Å². The molecule has 0 saturated carbocycles. The Hall–Kier alpha value is -1.55. The van der Waals surface area contributed by atoms with Crippen LogP contribution in [0.25, 0.3) is 10.9 Å². The van der Waals surface area contributed by atoms with Gasteiger partial charge in [0.15, 0.2) is 0 Å². The summed E-state index contributed by atoms with van der Waals surface area (Å²) in [4.78, 5) is 16.4. The van der Waals surface area contributed by atoms with Gasteiger partial charge in [-0.25, -0.2) is 4.98 Å². The van der Waals surface area contributed by atoms with Crippen LogP contribution in [0.3, 0.4) is 0 Å². The van der Waals surface area contributed by atoms with E-state index in [4.69, 9.17) is 0 Å². The Morgan fingerprint density at radius 2 is 1.89 bits per heavy atom. The number of thioether (sulfide) groups is 1. The molecule has 0 aliphatic heterocycles. The summed E-state index contributed by atoms with van der Waals surface area (Å²) in [5, 5.41) is 4.77. The number of carbonyl (C=O) groups excluding carboxylic acids is 1. The van der Waals surface area contributed by atoms with Crippen molar-refractivity contribution in [2.45, 2.75) is 37.1 Å². The predicted molar refractivity (Wildman–Crippen MR) is 80.3 cm³/mol. The number of rotatable bonds is 4. The summed E-state index contributed by atoms with van der Waals surface area (Å²) in [6.07, 6.45) is 0. The SMILES string of the molecule is CC(C)NC(=O)[C@H](C)Sc1ccc2ccccc2n1. The fourth-order valence-corrected chi connectivity index (χ4v) is 2.58. The molecule has 1 N–H and O–H groups in total. The minimum atomic E-state index is -0.143. The fourth-order valence-electron chi connectivity index (χ4n) is 1.75. The van der Waals surface area contributed by atoms with Crippen LogP contribution in [-0.2, 0) is 4.79 Å². The molecule has 1 aromatic heterocycles. The molecule has 0 bridgehead atoms. The minimum absolute atomic E-state index is 0.0509. The quantitative estimate of drug-likeness (QED) is 0.870. The molecule has 100 valence electrons. The van der Waals surface area contributed by atoms with Crippen LogP contribution >= 0.6 is 11.8 Å². The average Bonchev–Trinajstić information content (AvgIpc) is 2.37. The molecule has 1 amide bonds. The Balaban J connectivity index is 2.10. The molecule has 0 radical (unpaired) electrons. The number of amides is 1. The zero-order valence-corrected chi connectivity index (χ0v) is 12.2. The van der Waals surface area contributed by atoms with E-state index >= 15 is 0 Å². The van der Waals surface area contributed by atoms with E-state index in [1.165, 1.54) is 11.8 Å². The third-order valence-corrected chi connectivity index (χ3v) is 3.71. The van der Waals surface area contributed by atoms with Gasteiger partial charge in [0.25, 0.3) is 0 Å². The number of hydrogen-bond donors (Lipinski definition) is 1. The zero-order valence-electron chi connectivity index (χ0n) is 11.4. The molecule has 0 saturated heterocycles. The smallest absolute Gasteiger partial charge is 0.233 e. The summed E-state index contributed by atoms with van der Waals surface area (Å²) in [6.45, 7) is 5.83. The molecule has 1 aromatic carbocycles. The standard InChI is InChI=1S/C15H18N2OS/c1-10(2)16-15(18)11(3)19-14-9-8-12-6-4-5-7-13(12)17-14/h4-11H,1-3H3,(H,16,18)/t11-/m0/s1. The van der Waals surface area contributed by atoms with Crippen LogP contribution in [-0.4, -0.2) is 22.2 Å². The predicted octanol–water partition coefficient (Wildman–Crippen LogP) is 3.24. The second kappa shape index (κ2) is 6.06. The van der Waals surface area contributed by atoms with Crippen LogP contribution in [0.5, 0.6) is 0 Å². The van der Waals surface area contributed by atoms with Crippen molar-refractivity contribution in [2.24, 2.45) is 0 Å². The van der Waals surface area contributed by atoms with Crippen molar-refractivity contribution < 1.29 is 4.79 Å². The Labute approximate surface area is 117 Å². The summed E-state index contributed by atoms with van der Waals surface area (Å²) in [5.74, 6) is 0.0509. The van der Waals surface area contributed by atoms with Crippen molar-refractivity contribution in [1.29, 1.82) is 0 Å². The van der Waals surface area contributed by atoms with Gasteiger partial charge in [-0.1, -0.05) is 36.0 Å². The van der Waals surface area contributed by atoms with E-state index in [1.807, 2.05) is 57.2 Å². The molecule has 2 aromatic rings. The van der Waals surface area contributed by atoms with Crippen LogP contribution in [0.1, 0.15) is 20.8 Å². The minimum Gasteiger partial charge on any atom is -0.353 e. The lowest BCUT2D eigenvalue weighted by Crippen LogP contribution is -2.35. The van der Waals surface area contributed by atoms with Crippen LogP contribution in [0.4, 0.5) is 0 Å². The van der Waals surface area contributed by atoms with Crippen molar-refractivity contribution >= 4 is 28.6 Å². The summed E-state index contributed by atoms with van der Waals surface area (Å²) < 4.78 is 0. The van der Waals surface area contributed by atoms with Crippen molar-refractivity contribution in [3.8, 4) is 0 Å². The Kier molecular flexibility index (Phi) is 4.43. The molecule has 0 aliphatic rings. The van der Waals surface area contributed by atoms with E-state index in [9.17, 15) is 4.79 Å². The highest BCUT2D eigenvalue weighted by molar-refractivity contribution is 8.00. The number of pyridine rings is 1. The van der Waals surface area contributed by atoms with Gasteiger partial charge >= 0.3 is 0 Å². The van der Waals surface area contributed by atoms with Gasteiger partial charge in [0.2, 0.25) is 5.91 Å². The molecule has 0 unspecified atom stereocenters. The van der Waals surface area contributed by atoms with Gasteiger partial charge in [0, 0.05) is 11.4 Å². The van der Waals surface area contributed by atoms with Gasteiger partial charge in [-0.2, -0.15) is 0 Å². The number of fused-ring (bicyclic) bond motifs is 1. The highest BCUT2D eigenvalue weighted by Gasteiger charge is 2.15. The van der Waals surface area contributed by atoms with Crippen molar-refractivity contribution in [3.63, 3.8) is 0 Å². The first-order valence-electron chi connectivity index (χ1n) is 6.39. The number of nitrogens with zero attached hydrogens (tertiary/aromatic N) is 1. The number of hydrogen-bond acceptors (Lipinski definition) is 3. The lowest BCUT2D eigenvalue weighted by atomic mass is 10.2. The number of benzene rings is 1. The lowest BCUT2D eigenvalue weighted by molar-refractivity contribution is -0.120. The molecular formula is C15H18N2OS. The van der Waals surface area contributed by atoms with Gasteiger partial charge in [0.05, 0.1) is 15.8 Å². The fraction of sp³-hybridized carbons (Fsp3) is 0.333. The van der Waals surface area contributed by atoms with Gasteiger partial charge in [-0.3, -0.25) is 4.79 Å². The largest absolute Gasteiger partial charge is 0.353 e. The third-order valence-electron chi connectivity index (χ3n) is 2.67. The first-order chi connectivity index (χ1) is 9.06. The number of carbonyl (C=O) groups is 1. The van der Waals surface area contributed by atoms with Crippen molar-refractivity contribution in [2.75, 3.05) is 0 Å². The van der Waals surface area contributed by atoms with Crippen LogP contribution in [0, 0.1) is 0 Å². The Morgan fingerprint density at radius 1 is 1.16 bits per heavy atom. The highest BCUT2D eigenvalue weighted by atomic mass is 32.2. The molecule has 1 heterocycles. The second-order valence-corrected chi connectivity index (χ2v) is 6.13. The normalized spacial score (nSPS) is 12.6. The lowest BCUT2D eigenvalue weighted by Gasteiger charge is -2.13. The van der Waals surface area contributed by atoms with Gasteiger partial charge < -0.3 is 5.32 Å². The molecule has 3 nitrogen and oxygen atoms in total. The van der Waals surface area contributed by atoms with Crippen LogP contribution in [0.2, 0.25) is 0 Å². The first kappa shape index (κ1) is 13.9. The zero-order chi connectivity index (χ0) is 13.8. The maximum Gasteiger partial charge on any atom is 0.233 e. The molecule has 1 atom stereocenters. The van der Waals surface area contributed by atoms with Gasteiger partial charge in [-0.15, -0.1) is 0 Å².